The number of fused-ring (bicyclic) bond motifs is 1. The summed E-state index contributed by atoms with van der Waals surface area (Å²) in [4.78, 5) is 0. The van der Waals surface area contributed by atoms with Crippen LogP contribution in [-0.2, 0) is 0 Å². The van der Waals surface area contributed by atoms with Crippen molar-refractivity contribution in [2.24, 2.45) is 0 Å². The molecule has 1 heterocycles. The highest BCUT2D eigenvalue weighted by Gasteiger charge is 2.09. The van der Waals surface area contributed by atoms with E-state index in [-0.39, 0.29) is 0 Å². The molecule has 2 aromatic rings. The first-order chi connectivity index (χ1) is 6.36. The summed E-state index contributed by atoms with van der Waals surface area (Å²) in [6, 6.07) is 5.70. The molecule has 0 aliphatic rings. The lowest BCUT2D eigenvalue weighted by Gasteiger charge is -2.01. The SMILES string of the molecule is COc1cccc2[nH]nc(OC)c12. The number of nitrogens with one attached hydrogen (secondary N) is 1. The van der Waals surface area contributed by atoms with E-state index in [2.05, 4.69) is 10.2 Å². The van der Waals surface area contributed by atoms with Gasteiger partial charge in [0.25, 0.3) is 0 Å². The van der Waals surface area contributed by atoms with E-state index in [1.165, 1.54) is 0 Å². The molecule has 4 heteroatoms. The lowest BCUT2D eigenvalue weighted by Crippen LogP contribution is -1.86. The van der Waals surface area contributed by atoms with Crippen molar-refractivity contribution in [2.75, 3.05) is 14.2 Å². The monoisotopic (exact) mass is 178 g/mol. The molecule has 0 fully saturated rings. The minimum atomic E-state index is 0.562. The normalized spacial score (nSPS) is 10.3. The molecule has 1 aromatic carbocycles. The summed E-state index contributed by atoms with van der Waals surface area (Å²) in [6.07, 6.45) is 0. The number of aromatic amines is 1. The molecule has 1 N–H and O–H groups in total. The molecular formula is C9H10N2O2. The van der Waals surface area contributed by atoms with E-state index in [0.717, 1.165) is 16.7 Å². The largest absolute Gasteiger partial charge is 0.496 e. The van der Waals surface area contributed by atoms with E-state index < -0.39 is 0 Å². The van der Waals surface area contributed by atoms with Gasteiger partial charge >= 0.3 is 0 Å². The predicted octanol–water partition coefficient (Wildman–Crippen LogP) is 1.58. The first kappa shape index (κ1) is 7.91. The Labute approximate surface area is 75.5 Å². The van der Waals surface area contributed by atoms with Crippen LogP contribution in [-0.4, -0.2) is 24.4 Å². The van der Waals surface area contributed by atoms with Crippen LogP contribution in [0.1, 0.15) is 0 Å². The van der Waals surface area contributed by atoms with E-state index in [9.17, 15) is 0 Å². The molecule has 2 rings (SSSR count). The topological polar surface area (TPSA) is 47.1 Å². The average Bonchev–Trinajstić information content (AvgIpc) is 2.60. The van der Waals surface area contributed by atoms with Gasteiger partial charge in [-0.15, -0.1) is 5.10 Å². The van der Waals surface area contributed by atoms with Crippen LogP contribution in [0.5, 0.6) is 11.6 Å². The van der Waals surface area contributed by atoms with Gasteiger partial charge in [-0.05, 0) is 12.1 Å². The summed E-state index contributed by atoms with van der Waals surface area (Å²) in [6.45, 7) is 0. The number of hydrogen-bond donors (Lipinski definition) is 1. The molecule has 0 bridgehead atoms. The van der Waals surface area contributed by atoms with E-state index in [0.29, 0.717) is 5.88 Å². The fraction of sp³-hybridized carbons (Fsp3) is 0.222. The maximum absolute atomic E-state index is 5.19. The number of benzene rings is 1. The van der Waals surface area contributed by atoms with Crippen LogP contribution < -0.4 is 9.47 Å². The van der Waals surface area contributed by atoms with Gasteiger partial charge in [-0.2, -0.15) is 0 Å². The number of aromatic nitrogens is 2. The molecule has 0 aliphatic carbocycles. The van der Waals surface area contributed by atoms with Gasteiger partial charge in [0, 0.05) is 0 Å². The second-order valence-electron chi connectivity index (χ2n) is 2.62. The molecule has 4 nitrogen and oxygen atoms in total. The summed E-state index contributed by atoms with van der Waals surface area (Å²) >= 11 is 0. The highest BCUT2D eigenvalue weighted by atomic mass is 16.5. The van der Waals surface area contributed by atoms with E-state index in [1.807, 2.05) is 18.2 Å². The number of nitrogens with zero attached hydrogens (tertiary/aromatic N) is 1. The molecule has 0 radical (unpaired) electrons. The second kappa shape index (κ2) is 2.97. The zero-order valence-corrected chi connectivity index (χ0v) is 7.50. The molecule has 13 heavy (non-hydrogen) atoms. The Kier molecular flexibility index (Phi) is 1.81. The van der Waals surface area contributed by atoms with Crippen LogP contribution in [0.4, 0.5) is 0 Å². The third kappa shape index (κ3) is 1.11. The van der Waals surface area contributed by atoms with Gasteiger partial charge in [-0.3, -0.25) is 5.10 Å². The highest BCUT2D eigenvalue weighted by Crippen LogP contribution is 2.31. The predicted molar refractivity (Wildman–Crippen MR) is 49.2 cm³/mol. The van der Waals surface area contributed by atoms with Crippen LogP contribution in [0.15, 0.2) is 18.2 Å². The summed E-state index contributed by atoms with van der Waals surface area (Å²) in [5.74, 6) is 1.33. The first-order valence-electron chi connectivity index (χ1n) is 3.92. The van der Waals surface area contributed by atoms with Gasteiger partial charge in [0.05, 0.1) is 19.7 Å². The van der Waals surface area contributed by atoms with E-state index in [4.69, 9.17) is 9.47 Å². The van der Waals surface area contributed by atoms with Crippen LogP contribution in [0.25, 0.3) is 10.9 Å². The van der Waals surface area contributed by atoms with Gasteiger partial charge < -0.3 is 9.47 Å². The van der Waals surface area contributed by atoms with Crippen LogP contribution in [0.2, 0.25) is 0 Å². The van der Waals surface area contributed by atoms with Crippen molar-refractivity contribution in [2.45, 2.75) is 0 Å². The fourth-order valence-corrected chi connectivity index (χ4v) is 1.33. The van der Waals surface area contributed by atoms with Crippen molar-refractivity contribution in [3.63, 3.8) is 0 Å². The van der Waals surface area contributed by atoms with E-state index in [1.54, 1.807) is 14.2 Å². The number of H-pyrrole nitrogens is 1. The molecule has 1 aromatic heterocycles. The summed E-state index contributed by atoms with van der Waals surface area (Å²) in [5, 5.41) is 7.74. The Morgan fingerprint density at radius 2 is 2.08 bits per heavy atom. The van der Waals surface area contributed by atoms with Crippen LogP contribution in [0, 0.1) is 0 Å². The zero-order chi connectivity index (χ0) is 9.26. The van der Waals surface area contributed by atoms with Gasteiger partial charge in [0.15, 0.2) is 0 Å². The summed E-state index contributed by atoms with van der Waals surface area (Å²) < 4.78 is 10.3. The summed E-state index contributed by atoms with van der Waals surface area (Å²) in [7, 11) is 3.21. The van der Waals surface area contributed by atoms with Gasteiger partial charge in [-0.25, -0.2) is 0 Å². The molecule has 0 atom stereocenters. The average molecular weight is 178 g/mol. The molecule has 68 valence electrons. The Morgan fingerprint density at radius 1 is 1.23 bits per heavy atom. The van der Waals surface area contributed by atoms with Crippen LogP contribution in [0.3, 0.4) is 0 Å². The summed E-state index contributed by atoms with van der Waals surface area (Å²) in [5.41, 5.74) is 0.913. The molecule has 0 aliphatic heterocycles. The number of hydrogen-bond acceptors (Lipinski definition) is 3. The zero-order valence-electron chi connectivity index (χ0n) is 7.50. The number of rotatable bonds is 2. The molecule has 0 amide bonds. The standard InChI is InChI=1S/C9H10N2O2/c1-12-7-5-3-4-6-8(7)9(13-2)11-10-6/h3-5H,1-2H3,(H,10,11). The number of ether oxygens (including phenoxy) is 2. The minimum absolute atomic E-state index is 0.562. The molecule has 0 saturated carbocycles. The maximum atomic E-state index is 5.19. The lowest BCUT2D eigenvalue weighted by molar-refractivity contribution is 0.393. The van der Waals surface area contributed by atoms with Crippen molar-refractivity contribution >= 4 is 10.9 Å². The lowest BCUT2D eigenvalue weighted by atomic mass is 10.2. The van der Waals surface area contributed by atoms with Gasteiger partial charge in [0.2, 0.25) is 5.88 Å². The third-order valence-electron chi connectivity index (χ3n) is 1.93. The van der Waals surface area contributed by atoms with Crippen molar-refractivity contribution in [3.8, 4) is 11.6 Å². The number of methoxy groups -OCH3 is 2. The van der Waals surface area contributed by atoms with Crippen molar-refractivity contribution < 1.29 is 9.47 Å². The van der Waals surface area contributed by atoms with E-state index >= 15 is 0 Å². The van der Waals surface area contributed by atoms with Crippen molar-refractivity contribution in [1.82, 2.24) is 10.2 Å². The molecule has 0 unspecified atom stereocenters. The minimum Gasteiger partial charge on any atom is -0.496 e. The van der Waals surface area contributed by atoms with Crippen LogP contribution >= 0.6 is 0 Å². The second-order valence-corrected chi connectivity index (χ2v) is 2.62. The Hall–Kier alpha value is -1.71. The van der Waals surface area contributed by atoms with Gasteiger partial charge in [0.1, 0.15) is 11.1 Å². The molecule has 0 spiro atoms. The fourth-order valence-electron chi connectivity index (χ4n) is 1.33. The Morgan fingerprint density at radius 3 is 2.77 bits per heavy atom. The first-order valence-corrected chi connectivity index (χ1v) is 3.92. The quantitative estimate of drug-likeness (QED) is 0.759. The highest BCUT2D eigenvalue weighted by molar-refractivity contribution is 5.90. The van der Waals surface area contributed by atoms with Gasteiger partial charge in [-0.1, -0.05) is 6.07 Å². The van der Waals surface area contributed by atoms with Crippen molar-refractivity contribution in [1.29, 1.82) is 0 Å². The maximum Gasteiger partial charge on any atom is 0.244 e. The third-order valence-corrected chi connectivity index (χ3v) is 1.93. The Balaban J connectivity index is 2.76. The Bertz CT molecular complexity index is 422. The molecule has 0 saturated heterocycles. The van der Waals surface area contributed by atoms with Crippen molar-refractivity contribution in [3.05, 3.63) is 18.2 Å². The smallest absolute Gasteiger partial charge is 0.244 e. The molecular weight excluding hydrogens is 168 g/mol.